The van der Waals surface area contributed by atoms with Crippen LogP contribution >= 0.6 is 0 Å². The minimum atomic E-state index is 0.0893. The molecule has 0 saturated heterocycles. The summed E-state index contributed by atoms with van der Waals surface area (Å²) in [6.45, 7) is 4.74. The van der Waals surface area contributed by atoms with Crippen LogP contribution in [0, 0.1) is 0 Å². The van der Waals surface area contributed by atoms with Crippen LogP contribution < -0.4 is 10.1 Å². The lowest BCUT2D eigenvalue weighted by atomic mass is 10.1. The highest BCUT2D eigenvalue weighted by Gasteiger charge is 2.08. The van der Waals surface area contributed by atoms with Crippen LogP contribution in [0.5, 0.6) is 5.75 Å². The number of nitrogens with one attached hydrogen (secondary N) is 1. The van der Waals surface area contributed by atoms with E-state index in [-0.39, 0.29) is 11.9 Å². The molecule has 94 valence electrons. The summed E-state index contributed by atoms with van der Waals surface area (Å²) in [5.41, 5.74) is 0.624. The molecule has 0 aliphatic carbocycles. The first-order valence-corrected chi connectivity index (χ1v) is 5.93. The second kappa shape index (κ2) is 7.01. The summed E-state index contributed by atoms with van der Waals surface area (Å²) < 4.78 is 5.50. The van der Waals surface area contributed by atoms with Crippen molar-refractivity contribution >= 4 is 5.78 Å². The fourth-order valence-corrected chi connectivity index (χ4v) is 1.48. The number of carbonyl (C=O) groups excluding carboxylic acids is 1. The number of ketones is 1. The smallest absolute Gasteiger partial charge is 0.164 e. The van der Waals surface area contributed by atoms with E-state index in [1.54, 1.807) is 18.5 Å². The average molecular weight is 236 g/mol. The molecule has 17 heavy (non-hydrogen) atoms. The Labute approximate surface area is 102 Å². The van der Waals surface area contributed by atoms with E-state index in [0.29, 0.717) is 17.7 Å². The lowest BCUT2D eigenvalue weighted by molar-refractivity contribution is 0.0979. The highest BCUT2D eigenvalue weighted by Crippen LogP contribution is 2.14. The molecule has 0 bridgehead atoms. The molecule has 1 heterocycles. The summed E-state index contributed by atoms with van der Waals surface area (Å²) in [5, 5.41) is 3.02. The zero-order valence-corrected chi connectivity index (χ0v) is 10.7. The minimum Gasteiger partial charge on any atom is -0.489 e. The first-order chi connectivity index (χ1) is 8.13. The van der Waals surface area contributed by atoms with Crippen molar-refractivity contribution in [2.75, 3.05) is 13.6 Å². The molecule has 0 fully saturated rings. The zero-order chi connectivity index (χ0) is 12.7. The molecule has 1 aromatic rings. The van der Waals surface area contributed by atoms with Crippen LogP contribution in [0.25, 0.3) is 0 Å². The Kier molecular flexibility index (Phi) is 5.63. The third-order valence-corrected chi connectivity index (χ3v) is 2.24. The summed E-state index contributed by atoms with van der Waals surface area (Å²) in [7, 11) is 1.88. The summed E-state index contributed by atoms with van der Waals surface area (Å²) >= 11 is 0. The van der Waals surface area contributed by atoms with Crippen molar-refractivity contribution in [3.05, 3.63) is 24.0 Å². The molecule has 0 aliphatic rings. The van der Waals surface area contributed by atoms with E-state index in [1.807, 2.05) is 20.9 Å². The summed E-state index contributed by atoms with van der Waals surface area (Å²) in [6.07, 6.45) is 4.68. The number of rotatable bonds is 7. The van der Waals surface area contributed by atoms with Crippen LogP contribution in [0.2, 0.25) is 0 Å². The quantitative estimate of drug-likeness (QED) is 0.581. The second-order valence-electron chi connectivity index (χ2n) is 4.21. The minimum absolute atomic E-state index is 0.0893. The van der Waals surface area contributed by atoms with Crippen molar-refractivity contribution in [1.29, 1.82) is 0 Å². The lowest BCUT2D eigenvalue weighted by Crippen LogP contribution is -2.11. The molecule has 4 nitrogen and oxygen atoms in total. The molecular formula is C13H20N2O2. The second-order valence-corrected chi connectivity index (χ2v) is 4.21. The Morgan fingerprint density at radius 3 is 2.88 bits per heavy atom. The van der Waals surface area contributed by atoms with Crippen LogP contribution in [0.3, 0.4) is 0 Å². The Hall–Kier alpha value is -1.42. The number of carbonyl (C=O) groups is 1. The van der Waals surface area contributed by atoms with E-state index >= 15 is 0 Å². The van der Waals surface area contributed by atoms with Gasteiger partial charge >= 0.3 is 0 Å². The van der Waals surface area contributed by atoms with Crippen LogP contribution in [-0.4, -0.2) is 30.5 Å². The molecule has 0 saturated carbocycles. The summed E-state index contributed by atoms with van der Waals surface area (Å²) in [4.78, 5) is 15.9. The van der Waals surface area contributed by atoms with Gasteiger partial charge < -0.3 is 10.1 Å². The number of pyridine rings is 1. The maximum absolute atomic E-state index is 11.8. The predicted octanol–water partition coefficient (Wildman–Crippen LogP) is 2.05. The number of ether oxygens (including phenoxy) is 1. The number of aromatic nitrogens is 1. The Bertz CT molecular complexity index is 364. The maximum Gasteiger partial charge on any atom is 0.164 e. The highest BCUT2D eigenvalue weighted by molar-refractivity contribution is 5.96. The van der Waals surface area contributed by atoms with Crippen LogP contribution in [0.4, 0.5) is 0 Å². The SMILES string of the molecule is CNCCCC(=O)c1cncc(OC(C)C)c1. The fraction of sp³-hybridized carbons (Fsp3) is 0.538. The summed E-state index contributed by atoms with van der Waals surface area (Å²) in [6, 6.07) is 1.76. The Morgan fingerprint density at radius 2 is 2.24 bits per heavy atom. The van der Waals surface area contributed by atoms with Gasteiger partial charge in [0.05, 0.1) is 12.3 Å². The van der Waals surface area contributed by atoms with Gasteiger partial charge in [-0.1, -0.05) is 0 Å². The van der Waals surface area contributed by atoms with Crippen molar-refractivity contribution < 1.29 is 9.53 Å². The topological polar surface area (TPSA) is 51.2 Å². The Morgan fingerprint density at radius 1 is 1.47 bits per heavy atom. The van der Waals surface area contributed by atoms with E-state index < -0.39 is 0 Å². The lowest BCUT2D eigenvalue weighted by Gasteiger charge is -2.09. The van der Waals surface area contributed by atoms with Crippen LogP contribution in [0.15, 0.2) is 18.5 Å². The molecular weight excluding hydrogens is 216 g/mol. The molecule has 0 amide bonds. The monoisotopic (exact) mass is 236 g/mol. The van der Waals surface area contributed by atoms with E-state index in [2.05, 4.69) is 10.3 Å². The van der Waals surface area contributed by atoms with Crippen LogP contribution in [-0.2, 0) is 0 Å². The first kappa shape index (κ1) is 13.6. The predicted molar refractivity (Wildman–Crippen MR) is 67.5 cm³/mol. The molecule has 0 spiro atoms. The van der Waals surface area contributed by atoms with Gasteiger partial charge in [-0.15, -0.1) is 0 Å². The van der Waals surface area contributed by atoms with Crippen LogP contribution in [0.1, 0.15) is 37.0 Å². The van der Waals surface area contributed by atoms with Crippen molar-refractivity contribution in [3.8, 4) is 5.75 Å². The largest absolute Gasteiger partial charge is 0.489 e. The van der Waals surface area contributed by atoms with Crippen molar-refractivity contribution in [1.82, 2.24) is 10.3 Å². The Balaban J connectivity index is 2.60. The van der Waals surface area contributed by atoms with E-state index in [1.165, 1.54) is 0 Å². The number of hydrogen-bond donors (Lipinski definition) is 1. The van der Waals surface area contributed by atoms with Gasteiger partial charge in [0.2, 0.25) is 0 Å². The van der Waals surface area contributed by atoms with Crippen molar-refractivity contribution in [2.45, 2.75) is 32.8 Å². The molecule has 4 heteroatoms. The van der Waals surface area contributed by atoms with E-state index in [9.17, 15) is 4.79 Å². The third kappa shape index (κ3) is 4.95. The molecule has 0 unspecified atom stereocenters. The van der Waals surface area contributed by atoms with Gasteiger partial charge in [0.1, 0.15) is 5.75 Å². The molecule has 1 rings (SSSR count). The third-order valence-electron chi connectivity index (χ3n) is 2.24. The van der Waals surface area contributed by atoms with E-state index in [4.69, 9.17) is 4.74 Å². The van der Waals surface area contributed by atoms with Gasteiger partial charge in [0.25, 0.3) is 0 Å². The molecule has 0 atom stereocenters. The fourth-order valence-electron chi connectivity index (χ4n) is 1.48. The molecule has 0 aromatic carbocycles. The number of Topliss-reactive ketones (excluding diaryl/α,β-unsaturated/α-hetero) is 1. The van der Waals surface area contributed by atoms with Crippen molar-refractivity contribution in [3.63, 3.8) is 0 Å². The number of hydrogen-bond acceptors (Lipinski definition) is 4. The standard InChI is InChI=1S/C13H20N2O2/c1-10(2)17-12-7-11(8-15-9-12)13(16)5-4-6-14-3/h7-10,14H,4-6H2,1-3H3. The first-order valence-electron chi connectivity index (χ1n) is 5.93. The average Bonchev–Trinajstić information content (AvgIpc) is 2.28. The van der Waals surface area contributed by atoms with E-state index in [0.717, 1.165) is 13.0 Å². The van der Waals surface area contributed by atoms with Gasteiger partial charge in [-0.2, -0.15) is 0 Å². The van der Waals surface area contributed by atoms with Gasteiger partial charge in [0.15, 0.2) is 5.78 Å². The van der Waals surface area contributed by atoms with Crippen molar-refractivity contribution in [2.24, 2.45) is 0 Å². The van der Waals surface area contributed by atoms with Gasteiger partial charge in [-0.05, 0) is 39.9 Å². The normalized spacial score (nSPS) is 10.6. The zero-order valence-electron chi connectivity index (χ0n) is 10.7. The molecule has 1 aromatic heterocycles. The molecule has 0 radical (unpaired) electrons. The van der Waals surface area contributed by atoms with Gasteiger partial charge in [-0.3, -0.25) is 9.78 Å². The van der Waals surface area contributed by atoms with Gasteiger partial charge in [-0.25, -0.2) is 0 Å². The molecule has 0 aliphatic heterocycles. The molecule has 1 N–H and O–H groups in total. The van der Waals surface area contributed by atoms with Gasteiger partial charge in [0, 0.05) is 18.2 Å². The number of nitrogens with zero attached hydrogens (tertiary/aromatic N) is 1. The maximum atomic E-state index is 11.8. The highest BCUT2D eigenvalue weighted by atomic mass is 16.5. The summed E-state index contributed by atoms with van der Waals surface area (Å²) in [5.74, 6) is 0.765.